The van der Waals surface area contributed by atoms with Crippen LogP contribution in [0.2, 0.25) is 0 Å². The predicted molar refractivity (Wildman–Crippen MR) is 45.3 cm³/mol. The summed E-state index contributed by atoms with van der Waals surface area (Å²) in [7, 11) is 7.19. The Kier molecular flexibility index (Phi) is 4.00. The molecule has 0 unspecified atom stereocenters. The van der Waals surface area contributed by atoms with E-state index in [1.165, 1.54) is 0 Å². The van der Waals surface area contributed by atoms with Crippen molar-refractivity contribution in [2.24, 2.45) is 5.92 Å². The molecular weight excluding hydrogens is 142 g/mol. The highest BCUT2D eigenvalue weighted by Crippen LogP contribution is 2.23. The van der Waals surface area contributed by atoms with Crippen LogP contribution < -0.4 is 0 Å². The van der Waals surface area contributed by atoms with E-state index in [0.717, 1.165) is 0 Å². The first-order valence-corrected chi connectivity index (χ1v) is 3.79. The molecule has 0 aromatic heterocycles. The molecule has 0 atom stereocenters. The van der Waals surface area contributed by atoms with Crippen LogP contribution in [0.4, 0.5) is 0 Å². The number of methoxy groups -OCH3 is 2. The van der Waals surface area contributed by atoms with Gasteiger partial charge in [-0.1, -0.05) is 13.8 Å². The Morgan fingerprint density at radius 3 is 1.45 bits per heavy atom. The molecule has 0 aliphatic carbocycles. The smallest absolute Gasteiger partial charge is 0.231 e. The summed E-state index contributed by atoms with van der Waals surface area (Å²) in [5.74, 6) is -0.285. The Labute approximate surface area is 69.3 Å². The molecule has 68 valence electrons. The second-order valence-corrected chi connectivity index (χ2v) is 3.09. The fraction of sp³-hybridized carbons (Fsp3) is 1.00. The highest BCUT2D eigenvalue weighted by atomic mass is 16.7. The van der Waals surface area contributed by atoms with Crippen molar-refractivity contribution >= 4 is 0 Å². The van der Waals surface area contributed by atoms with Crippen molar-refractivity contribution in [1.82, 2.24) is 4.90 Å². The van der Waals surface area contributed by atoms with Crippen LogP contribution in [-0.2, 0) is 9.47 Å². The second kappa shape index (κ2) is 4.04. The molecule has 3 heteroatoms. The molecule has 0 aliphatic heterocycles. The van der Waals surface area contributed by atoms with Gasteiger partial charge in [0.05, 0.1) is 0 Å². The summed E-state index contributed by atoms with van der Waals surface area (Å²) < 4.78 is 10.6. The molecule has 0 amide bonds. The Morgan fingerprint density at radius 1 is 1.09 bits per heavy atom. The third-order valence-corrected chi connectivity index (χ3v) is 1.94. The average molecular weight is 161 g/mol. The largest absolute Gasteiger partial charge is 0.340 e. The molecule has 0 N–H and O–H groups in total. The molecule has 0 fully saturated rings. The van der Waals surface area contributed by atoms with Crippen LogP contribution >= 0.6 is 0 Å². The van der Waals surface area contributed by atoms with E-state index in [0.29, 0.717) is 5.92 Å². The summed E-state index contributed by atoms with van der Waals surface area (Å²) in [6.45, 7) is 4.12. The lowest BCUT2D eigenvalue weighted by Crippen LogP contribution is -2.51. The van der Waals surface area contributed by atoms with Crippen LogP contribution in [0.5, 0.6) is 0 Å². The highest BCUT2D eigenvalue weighted by Gasteiger charge is 2.36. The van der Waals surface area contributed by atoms with Crippen LogP contribution in [0.1, 0.15) is 13.8 Å². The Morgan fingerprint density at radius 2 is 1.45 bits per heavy atom. The Balaban J connectivity index is 4.46. The van der Waals surface area contributed by atoms with Gasteiger partial charge in [0.2, 0.25) is 5.91 Å². The fourth-order valence-corrected chi connectivity index (χ4v) is 1.44. The molecule has 0 spiro atoms. The highest BCUT2D eigenvalue weighted by molar-refractivity contribution is 4.69. The van der Waals surface area contributed by atoms with E-state index in [9.17, 15) is 0 Å². The molecule has 11 heavy (non-hydrogen) atoms. The van der Waals surface area contributed by atoms with Crippen LogP contribution in [0, 0.1) is 5.92 Å². The van der Waals surface area contributed by atoms with E-state index < -0.39 is 5.91 Å². The lowest BCUT2D eigenvalue weighted by Gasteiger charge is -2.39. The number of hydrogen-bond acceptors (Lipinski definition) is 3. The Bertz CT molecular complexity index is 98.7. The number of nitrogens with zero attached hydrogens (tertiary/aromatic N) is 1. The third-order valence-electron chi connectivity index (χ3n) is 1.94. The number of rotatable bonds is 4. The van der Waals surface area contributed by atoms with Gasteiger partial charge in [-0.05, 0) is 14.1 Å². The zero-order chi connectivity index (χ0) is 9.07. The molecule has 0 rings (SSSR count). The molecule has 0 saturated carbocycles. The van der Waals surface area contributed by atoms with Gasteiger partial charge in [-0.25, -0.2) is 0 Å². The van der Waals surface area contributed by atoms with Crippen molar-refractivity contribution in [1.29, 1.82) is 0 Å². The summed E-state index contributed by atoms with van der Waals surface area (Å²) in [6.07, 6.45) is 0. The molecule has 0 aromatic rings. The summed E-state index contributed by atoms with van der Waals surface area (Å²) in [5, 5.41) is 0. The number of hydrogen-bond donors (Lipinski definition) is 0. The maximum Gasteiger partial charge on any atom is 0.231 e. The monoisotopic (exact) mass is 161 g/mol. The zero-order valence-corrected chi connectivity index (χ0v) is 8.34. The molecule has 0 radical (unpaired) electrons. The third kappa shape index (κ3) is 1.92. The van der Waals surface area contributed by atoms with Crippen LogP contribution in [-0.4, -0.2) is 39.1 Å². The molecule has 0 heterocycles. The summed E-state index contributed by atoms with van der Waals surface area (Å²) >= 11 is 0. The van der Waals surface area contributed by atoms with E-state index >= 15 is 0 Å². The maximum atomic E-state index is 5.31. The minimum atomic E-state index is -0.583. The van der Waals surface area contributed by atoms with Crippen LogP contribution in [0.25, 0.3) is 0 Å². The quantitative estimate of drug-likeness (QED) is 0.577. The fourth-order valence-electron chi connectivity index (χ4n) is 1.44. The normalized spacial score (nSPS) is 13.1. The summed E-state index contributed by atoms with van der Waals surface area (Å²) in [6, 6.07) is 0. The minimum Gasteiger partial charge on any atom is -0.340 e. The number of ether oxygens (including phenoxy) is 2. The van der Waals surface area contributed by atoms with E-state index in [1.807, 2.05) is 19.0 Å². The Hall–Kier alpha value is -0.120. The van der Waals surface area contributed by atoms with Gasteiger partial charge in [-0.2, -0.15) is 0 Å². The first-order valence-electron chi connectivity index (χ1n) is 3.79. The van der Waals surface area contributed by atoms with Gasteiger partial charge in [-0.15, -0.1) is 0 Å². The first kappa shape index (κ1) is 10.9. The van der Waals surface area contributed by atoms with Gasteiger partial charge in [-0.3, -0.25) is 4.90 Å². The maximum absolute atomic E-state index is 5.31. The van der Waals surface area contributed by atoms with Gasteiger partial charge in [0, 0.05) is 20.1 Å². The van der Waals surface area contributed by atoms with Crippen molar-refractivity contribution in [3.8, 4) is 0 Å². The average Bonchev–Trinajstić information content (AvgIpc) is 1.90. The van der Waals surface area contributed by atoms with Crippen molar-refractivity contribution in [2.45, 2.75) is 19.8 Å². The lowest BCUT2D eigenvalue weighted by molar-refractivity contribution is -0.306. The van der Waals surface area contributed by atoms with Crippen molar-refractivity contribution in [2.75, 3.05) is 28.3 Å². The van der Waals surface area contributed by atoms with E-state index in [-0.39, 0.29) is 0 Å². The summed E-state index contributed by atoms with van der Waals surface area (Å²) in [4.78, 5) is 1.93. The van der Waals surface area contributed by atoms with Crippen LogP contribution in [0.3, 0.4) is 0 Å². The van der Waals surface area contributed by atoms with Crippen molar-refractivity contribution in [3.63, 3.8) is 0 Å². The van der Waals surface area contributed by atoms with E-state index in [4.69, 9.17) is 9.47 Å². The minimum absolute atomic E-state index is 0.299. The van der Waals surface area contributed by atoms with Gasteiger partial charge in [0.1, 0.15) is 0 Å². The van der Waals surface area contributed by atoms with Gasteiger partial charge in [0.15, 0.2) is 0 Å². The molecule has 0 saturated heterocycles. The van der Waals surface area contributed by atoms with Crippen molar-refractivity contribution in [3.05, 3.63) is 0 Å². The molecule has 0 aromatic carbocycles. The summed E-state index contributed by atoms with van der Waals surface area (Å²) in [5.41, 5.74) is 0. The molecule has 0 aliphatic rings. The van der Waals surface area contributed by atoms with Gasteiger partial charge < -0.3 is 9.47 Å². The van der Waals surface area contributed by atoms with Crippen molar-refractivity contribution < 1.29 is 9.47 Å². The first-order chi connectivity index (χ1) is 5.01. The molecule has 0 bridgehead atoms. The lowest BCUT2D eigenvalue weighted by atomic mass is 10.1. The van der Waals surface area contributed by atoms with Gasteiger partial charge >= 0.3 is 0 Å². The molecular formula is C8H19NO2. The van der Waals surface area contributed by atoms with E-state index in [2.05, 4.69) is 13.8 Å². The predicted octanol–water partition coefficient (Wildman–Crippen LogP) is 1.15. The standard InChI is InChI=1S/C8H19NO2/c1-7(2)8(10-5,11-6)9(3)4/h7H,1-6H3. The SMILES string of the molecule is COC(OC)(C(C)C)N(C)C. The van der Waals surface area contributed by atoms with Gasteiger partial charge in [0.25, 0.3) is 0 Å². The second-order valence-electron chi connectivity index (χ2n) is 3.09. The topological polar surface area (TPSA) is 21.7 Å². The van der Waals surface area contributed by atoms with Crippen LogP contribution in [0.15, 0.2) is 0 Å². The zero-order valence-electron chi connectivity index (χ0n) is 8.34. The van der Waals surface area contributed by atoms with E-state index in [1.54, 1.807) is 14.2 Å². The molecule has 3 nitrogen and oxygen atoms in total.